The number of hydrogen-bond acceptors (Lipinski definition) is 5. The molecule has 1 aromatic heterocycles. The first kappa shape index (κ1) is 18.6. The summed E-state index contributed by atoms with van der Waals surface area (Å²) >= 11 is 0. The Labute approximate surface area is 169 Å². The Hall–Kier alpha value is -3.72. The molecule has 1 aliphatic heterocycles. The van der Waals surface area contributed by atoms with Crippen molar-refractivity contribution in [2.45, 2.75) is 25.7 Å². The lowest BCUT2D eigenvalue weighted by molar-refractivity contribution is 0.367. The molecule has 0 fully saturated rings. The fourth-order valence-electron chi connectivity index (χ4n) is 3.71. The van der Waals surface area contributed by atoms with Crippen molar-refractivity contribution in [3.8, 4) is 23.4 Å². The zero-order chi connectivity index (χ0) is 20.4. The van der Waals surface area contributed by atoms with Gasteiger partial charge in [-0.1, -0.05) is 43.7 Å². The molecule has 0 amide bonds. The van der Waals surface area contributed by atoms with Crippen LogP contribution in [0.5, 0.6) is 11.6 Å². The van der Waals surface area contributed by atoms with E-state index in [0.29, 0.717) is 11.5 Å². The van der Waals surface area contributed by atoms with E-state index in [2.05, 4.69) is 13.0 Å². The van der Waals surface area contributed by atoms with Crippen molar-refractivity contribution < 1.29 is 9.47 Å². The van der Waals surface area contributed by atoms with Crippen LogP contribution in [0.25, 0.3) is 5.69 Å². The largest absolute Gasteiger partial charge is 0.497 e. The number of methoxy groups -OCH3 is 1. The molecule has 2 aromatic carbocycles. The predicted molar refractivity (Wildman–Crippen MR) is 110 cm³/mol. The van der Waals surface area contributed by atoms with E-state index in [1.54, 1.807) is 11.8 Å². The van der Waals surface area contributed by atoms with E-state index in [-0.39, 0.29) is 11.8 Å². The second-order valence-electron chi connectivity index (χ2n) is 6.86. The fraction of sp³-hybridized carbons (Fsp3) is 0.217. The number of aryl methyl sites for hydroxylation is 1. The van der Waals surface area contributed by atoms with Crippen LogP contribution in [-0.2, 0) is 6.42 Å². The van der Waals surface area contributed by atoms with Gasteiger partial charge in [0.2, 0.25) is 11.8 Å². The quantitative estimate of drug-likeness (QED) is 0.715. The first-order valence-corrected chi connectivity index (χ1v) is 9.56. The van der Waals surface area contributed by atoms with Crippen molar-refractivity contribution in [2.75, 3.05) is 7.11 Å². The van der Waals surface area contributed by atoms with Crippen LogP contribution in [0.4, 0.5) is 0 Å². The molecule has 0 spiro atoms. The summed E-state index contributed by atoms with van der Waals surface area (Å²) in [5.41, 5.74) is 10.2. The number of para-hydroxylation sites is 1. The number of fused-ring (bicyclic) bond motifs is 1. The van der Waals surface area contributed by atoms with Gasteiger partial charge in [0, 0.05) is 0 Å². The molecular weight excluding hydrogens is 364 g/mol. The molecule has 1 aliphatic rings. The van der Waals surface area contributed by atoms with Crippen LogP contribution in [0, 0.1) is 11.3 Å². The van der Waals surface area contributed by atoms with E-state index in [4.69, 9.17) is 20.3 Å². The SMILES string of the molecule is CCCc1nn(-c2ccccc2)c2c1C(c1ccc(OC)cc1)C(C#N)=C(N)O2. The average molecular weight is 386 g/mol. The molecule has 6 nitrogen and oxygen atoms in total. The highest BCUT2D eigenvalue weighted by atomic mass is 16.5. The Kier molecular flexibility index (Phi) is 4.96. The van der Waals surface area contributed by atoms with Crippen molar-refractivity contribution >= 4 is 0 Å². The first-order chi connectivity index (χ1) is 14.2. The molecule has 6 heteroatoms. The highest BCUT2D eigenvalue weighted by Crippen LogP contribution is 2.45. The van der Waals surface area contributed by atoms with Gasteiger partial charge < -0.3 is 15.2 Å². The minimum absolute atomic E-state index is 0.112. The monoisotopic (exact) mass is 386 g/mol. The van der Waals surface area contributed by atoms with Crippen molar-refractivity contribution in [1.82, 2.24) is 9.78 Å². The summed E-state index contributed by atoms with van der Waals surface area (Å²) < 4.78 is 13.0. The summed E-state index contributed by atoms with van der Waals surface area (Å²) in [5, 5.41) is 14.7. The van der Waals surface area contributed by atoms with E-state index in [1.165, 1.54) is 0 Å². The maximum Gasteiger partial charge on any atom is 0.229 e. The van der Waals surface area contributed by atoms with E-state index < -0.39 is 0 Å². The molecule has 0 bridgehead atoms. The Morgan fingerprint density at radius 3 is 2.52 bits per heavy atom. The van der Waals surface area contributed by atoms with E-state index >= 15 is 0 Å². The van der Waals surface area contributed by atoms with Gasteiger partial charge in [0.1, 0.15) is 17.4 Å². The third kappa shape index (κ3) is 3.21. The minimum Gasteiger partial charge on any atom is -0.497 e. The van der Waals surface area contributed by atoms with Crippen molar-refractivity contribution in [2.24, 2.45) is 5.73 Å². The van der Waals surface area contributed by atoms with Gasteiger partial charge in [-0.05, 0) is 36.2 Å². The van der Waals surface area contributed by atoms with Crippen molar-refractivity contribution in [1.29, 1.82) is 5.26 Å². The summed E-state index contributed by atoms with van der Waals surface area (Å²) in [7, 11) is 1.63. The summed E-state index contributed by atoms with van der Waals surface area (Å²) in [6, 6.07) is 19.7. The molecule has 1 unspecified atom stereocenters. The summed E-state index contributed by atoms with van der Waals surface area (Å²) in [6.07, 6.45) is 1.70. The lowest BCUT2D eigenvalue weighted by Gasteiger charge is -2.25. The van der Waals surface area contributed by atoms with Gasteiger partial charge in [-0.25, -0.2) is 4.68 Å². The zero-order valence-electron chi connectivity index (χ0n) is 16.4. The number of nitrogens with zero attached hydrogens (tertiary/aromatic N) is 3. The maximum absolute atomic E-state index is 9.84. The molecule has 2 N–H and O–H groups in total. The Morgan fingerprint density at radius 1 is 1.17 bits per heavy atom. The molecule has 0 radical (unpaired) electrons. The molecule has 146 valence electrons. The predicted octanol–water partition coefficient (Wildman–Crippen LogP) is 4.05. The molecule has 3 aromatic rings. The molecule has 0 saturated heterocycles. The zero-order valence-corrected chi connectivity index (χ0v) is 16.4. The molecular formula is C23H22N4O2. The lowest BCUT2D eigenvalue weighted by atomic mass is 9.83. The summed E-state index contributed by atoms with van der Waals surface area (Å²) in [4.78, 5) is 0. The van der Waals surface area contributed by atoms with Crippen LogP contribution >= 0.6 is 0 Å². The third-order valence-electron chi connectivity index (χ3n) is 5.06. The Bertz CT molecular complexity index is 1090. The molecule has 0 saturated carbocycles. The van der Waals surface area contributed by atoms with Gasteiger partial charge in [0.25, 0.3) is 0 Å². The van der Waals surface area contributed by atoms with Gasteiger partial charge in [-0.2, -0.15) is 10.4 Å². The number of hydrogen-bond donors (Lipinski definition) is 1. The Balaban J connectivity index is 1.95. The molecule has 2 heterocycles. The highest BCUT2D eigenvalue weighted by Gasteiger charge is 2.36. The van der Waals surface area contributed by atoms with Gasteiger partial charge in [0.15, 0.2) is 0 Å². The molecule has 29 heavy (non-hydrogen) atoms. The first-order valence-electron chi connectivity index (χ1n) is 9.56. The number of ether oxygens (including phenoxy) is 2. The van der Waals surface area contributed by atoms with Crippen LogP contribution in [0.1, 0.15) is 36.1 Å². The summed E-state index contributed by atoms with van der Waals surface area (Å²) in [5.74, 6) is 1.09. The average Bonchev–Trinajstić information content (AvgIpc) is 3.11. The van der Waals surface area contributed by atoms with Gasteiger partial charge in [-0.3, -0.25) is 0 Å². The minimum atomic E-state index is -0.339. The Morgan fingerprint density at radius 2 is 1.90 bits per heavy atom. The van der Waals surface area contributed by atoms with Crippen LogP contribution in [-0.4, -0.2) is 16.9 Å². The van der Waals surface area contributed by atoms with Crippen LogP contribution < -0.4 is 15.2 Å². The van der Waals surface area contributed by atoms with Gasteiger partial charge in [0.05, 0.1) is 30.0 Å². The summed E-state index contributed by atoms with van der Waals surface area (Å²) in [6.45, 7) is 2.11. The maximum atomic E-state index is 9.84. The van der Waals surface area contributed by atoms with Crippen LogP contribution in [0.15, 0.2) is 66.1 Å². The van der Waals surface area contributed by atoms with Crippen LogP contribution in [0.3, 0.4) is 0 Å². The number of nitriles is 1. The third-order valence-corrected chi connectivity index (χ3v) is 5.06. The number of allylic oxidation sites excluding steroid dienone is 1. The second-order valence-corrected chi connectivity index (χ2v) is 6.86. The normalized spacial score (nSPS) is 15.4. The number of aromatic nitrogens is 2. The fourth-order valence-corrected chi connectivity index (χ4v) is 3.71. The molecule has 0 aliphatic carbocycles. The van der Waals surface area contributed by atoms with Crippen LogP contribution in [0.2, 0.25) is 0 Å². The topological polar surface area (TPSA) is 86.1 Å². The van der Waals surface area contributed by atoms with E-state index in [0.717, 1.165) is 41.1 Å². The molecule has 4 rings (SSSR count). The smallest absolute Gasteiger partial charge is 0.229 e. The van der Waals surface area contributed by atoms with Gasteiger partial charge in [-0.15, -0.1) is 0 Å². The molecule has 1 atom stereocenters. The standard InChI is InChI=1S/C23H22N4O2/c1-3-7-19-21-20(15-10-12-17(28-2)13-11-15)18(14-24)22(25)29-23(21)27(26-19)16-8-5-4-6-9-16/h4-6,8-13,20H,3,7,25H2,1-2H3. The van der Waals surface area contributed by atoms with E-state index in [1.807, 2.05) is 54.6 Å². The second kappa shape index (κ2) is 7.72. The van der Waals surface area contributed by atoms with E-state index in [9.17, 15) is 5.26 Å². The number of rotatable bonds is 5. The van der Waals surface area contributed by atoms with Gasteiger partial charge >= 0.3 is 0 Å². The lowest BCUT2D eigenvalue weighted by Crippen LogP contribution is -2.22. The highest BCUT2D eigenvalue weighted by molar-refractivity contribution is 5.57. The number of nitrogens with two attached hydrogens (primary N) is 1. The van der Waals surface area contributed by atoms with Crippen molar-refractivity contribution in [3.05, 3.63) is 82.9 Å². The van der Waals surface area contributed by atoms with Crippen molar-refractivity contribution in [3.63, 3.8) is 0 Å². The number of benzene rings is 2.